The number of hydrogen-bond donors (Lipinski definition) is 2. The van der Waals surface area contributed by atoms with Gasteiger partial charge in [-0.3, -0.25) is 9.59 Å². The first kappa shape index (κ1) is 29.3. The smallest absolute Gasteiger partial charge is 0.416 e. The quantitative estimate of drug-likeness (QED) is 0.364. The van der Waals surface area contributed by atoms with Gasteiger partial charge in [0, 0.05) is 25.3 Å². The molecule has 0 aliphatic carbocycles. The summed E-state index contributed by atoms with van der Waals surface area (Å²) < 4.78 is 50.5. The summed E-state index contributed by atoms with van der Waals surface area (Å²) in [5, 5.41) is 5.57. The molecule has 2 amide bonds. The summed E-state index contributed by atoms with van der Waals surface area (Å²) in [4.78, 5) is 32.5. The van der Waals surface area contributed by atoms with Gasteiger partial charge in [-0.25, -0.2) is 4.98 Å². The lowest BCUT2D eigenvalue weighted by molar-refractivity contribution is -0.137. The maximum Gasteiger partial charge on any atom is 0.416 e. The summed E-state index contributed by atoms with van der Waals surface area (Å²) in [6, 6.07) is 14.1. The third-order valence-electron chi connectivity index (χ3n) is 6.39. The van der Waals surface area contributed by atoms with Gasteiger partial charge >= 0.3 is 6.18 Å². The third-order valence-corrected chi connectivity index (χ3v) is 6.68. The number of rotatable bonds is 10. The summed E-state index contributed by atoms with van der Waals surface area (Å²) in [5.74, 6) is -1.26. The molecule has 0 unspecified atom stereocenters. The van der Waals surface area contributed by atoms with Crippen molar-refractivity contribution in [1.29, 1.82) is 0 Å². The second-order valence-corrected chi connectivity index (χ2v) is 9.59. The minimum absolute atomic E-state index is 0.0335. The van der Waals surface area contributed by atoms with Gasteiger partial charge in [0.15, 0.2) is 0 Å². The largest absolute Gasteiger partial charge is 0.437 e. The zero-order chi connectivity index (χ0) is 28.7. The molecule has 40 heavy (non-hydrogen) atoms. The molecule has 12 heteroatoms. The molecule has 2 aromatic carbocycles. The van der Waals surface area contributed by atoms with Crippen LogP contribution in [0.3, 0.4) is 0 Å². The van der Waals surface area contributed by atoms with Crippen molar-refractivity contribution in [2.75, 3.05) is 26.7 Å². The molecule has 0 bridgehead atoms. The van der Waals surface area contributed by atoms with Gasteiger partial charge in [0.2, 0.25) is 11.8 Å². The molecule has 0 saturated carbocycles. The van der Waals surface area contributed by atoms with Gasteiger partial charge < -0.3 is 25.0 Å². The van der Waals surface area contributed by atoms with Crippen molar-refractivity contribution in [3.8, 4) is 11.6 Å². The van der Waals surface area contributed by atoms with E-state index in [1.807, 2.05) is 37.4 Å². The number of carbonyl (C=O) groups excluding carboxylic acids is 2. The summed E-state index contributed by atoms with van der Waals surface area (Å²) in [6.45, 7) is 1.19. The molecular weight excluding hydrogens is 549 g/mol. The van der Waals surface area contributed by atoms with Crippen LogP contribution < -0.4 is 15.4 Å². The van der Waals surface area contributed by atoms with E-state index in [0.717, 1.165) is 30.2 Å². The number of likely N-dealkylation sites (N-methyl/N-ethyl adjacent to an activating group) is 1. The van der Waals surface area contributed by atoms with E-state index in [4.69, 9.17) is 21.1 Å². The predicted octanol–water partition coefficient (Wildman–Crippen LogP) is 4.68. The van der Waals surface area contributed by atoms with Crippen LogP contribution in [0.25, 0.3) is 0 Å². The molecule has 4 rings (SSSR count). The topological polar surface area (TPSA) is 92.8 Å². The van der Waals surface area contributed by atoms with Crippen LogP contribution in [0.1, 0.15) is 27.9 Å². The summed E-state index contributed by atoms with van der Waals surface area (Å²) >= 11 is 6.02. The molecule has 1 aliphatic rings. The predicted molar refractivity (Wildman–Crippen MR) is 142 cm³/mol. The fourth-order valence-corrected chi connectivity index (χ4v) is 4.42. The van der Waals surface area contributed by atoms with E-state index in [0.29, 0.717) is 13.1 Å². The number of likely N-dealkylation sites (tertiary alicyclic amines) is 1. The SMILES string of the molecule is CN[C@H]1CCN(C(=O)[C@@H](COCc2ccccc2)NC(=O)c2cccnc2Oc2ccc(C(F)(F)F)cc2Cl)C1. The Labute approximate surface area is 234 Å². The van der Waals surface area contributed by atoms with E-state index in [-0.39, 0.29) is 47.4 Å². The van der Waals surface area contributed by atoms with Gasteiger partial charge in [0.05, 0.1) is 23.8 Å². The molecule has 0 radical (unpaired) electrons. The highest BCUT2D eigenvalue weighted by Gasteiger charge is 2.33. The number of aromatic nitrogens is 1. The summed E-state index contributed by atoms with van der Waals surface area (Å²) in [7, 11) is 1.83. The van der Waals surface area contributed by atoms with Crippen LogP contribution in [-0.2, 0) is 22.3 Å². The Hall–Kier alpha value is -3.67. The number of carbonyl (C=O) groups is 2. The number of pyridine rings is 1. The number of hydrogen-bond acceptors (Lipinski definition) is 6. The number of nitrogens with one attached hydrogen (secondary N) is 2. The lowest BCUT2D eigenvalue weighted by atomic mass is 10.2. The van der Waals surface area contributed by atoms with Crippen LogP contribution >= 0.6 is 11.6 Å². The number of nitrogens with zero attached hydrogens (tertiary/aromatic N) is 2. The zero-order valence-electron chi connectivity index (χ0n) is 21.6. The fraction of sp³-hybridized carbons (Fsp3) is 0.321. The van der Waals surface area contributed by atoms with E-state index in [1.54, 1.807) is 4.90 Å². The second kappa shape index (κ2) is 13.1. The number of halogens is 4. The Bertz CT molecular complexity index is 1330. The first-order chi connectivity index (χ1) is 19.2. The van der Waals surface area contributed by atoms with Gasteiger partial charge in [-0.15, -0.1) is 0 Å². The molecule has 2 heterocycles. The number of ether oxygens (including phenoxy) is 2. The Morgan fingerprint density at radius 3 is 2.60 bits per heavy atom. The average molecular weight is 577 g/mol. The van der Waals surface area contributed by atoms with Crippen LogP contribution in [0.2, 0.25) is 5.02 Å². The standard InChI is InChI=1S/C28H28ClF3N4O4/c1-33-20-11-13-36(15-20)27(38)23(17-39-16-18-6-3-2-4-7-18)35-25(37)21-8-5-12-34-26(21)40-24-10-9-19(14-22(24)29)28(30,31)32/h2-10,12,14,20,23,33H,11,13,15-17H2,1H3,(H,35,37)/t20-,23+/m0/s1. The lowest BCUT2D eigenvalue weighted by Crippen LogP contribution is -2.51. The molecule has 3 aromatic rings. The average Bonchev–Trinajstić information content (AvgIpc) is 3.43. The highest BCUT2D eigenvalue weighted by atomic mass is 35.5. The first-order valence-electron chi connectivity index (χ1n) is 12.5. The van der Waals surface area contributed by atoms with E-state index in [2.05, 4.69) is 15.6 Å². The Balaban J connectivity index is 1.51. The highest BCUT2D eigenvalue weighted by molar-refractivity contribution is 6.32. The van der Waals surface area contributed by atoms with E-state index in [9.17, 15) is 22.8 Å². The Morgan fingerprint density at radius 2 is 1.93 bits per heavy atom. The molecule has 1 fully saturated rings. The molecule has 1 saturated heterocycles. The summed E-state index contributed by atoms with van der Waals surface area (Å²) in [5.41, 5.74) is -0.0650. The van der Waals surface area contributed by atoms with Crippen molar-refractivity contribution >= 4 is 23.4 Å². The maximum atomic E-state index is 13.4. The highest BCUT2D eigenvalue weighted by Crippen LogP contribution is 2.36. The molecule has 2 N–H and O–H groups in total. The fourth-order valence-electron chi connectivity index (χ4n) is 4.21. The third kappa shape index (κ3) is 7.50. The van der Waals surface area contributed by atoms with Gasteiger partial charge in [-0.05, 0) is 49.4 Å². The van der Waals surface area contributed by atoms with Gasteiger partial charge in [-0.2, -0.15) is 13.2 Å². The van der Waals surface area contributed by atoms with Crippen molar-refractivity contribution in [3.05, 3.63) is 88.6 Å². The molecule has 212 valence electrons. The normalized spacial score (nSPS) is 16.0. The molecule has 1 aliphatic heterocycles. The number of alkyl halides is 3. The van der Waals surface area contributed by atoms with Crippen molar-refractivity contribution < 1.29 is 32.2 Å². The monoisotopic (exact) mass is 576 g/mol. The van der Waals surface area contributed by atoms with Crippen molar-refractivity contribution in [2.45, 2.75) is 31.3 Å². The molecule has 1 aromatic heterocycles. The molecule has 2 atom stereocenters. The minimum atomic E-state index is -4.58. The molecule has 0 spiro atoms. The Kier molecular flexibility index (Phi) is 9.62. The minimum Gasteiger partial charge on any atom is -0.437 e. The van der Waals surface area contributed by atoms with Crippen LogP contribution in [0.4, 0.5) is 13.2 Å². The zero-order valence-corrected chi connectivity index (χ0v) is 22.3. The molecule has 8 nitrogen and oxygen atoms in total. The van der Waals surface area contributed by atoms with Crippen molar-refractivity contribution in [2.24, 2.45) is 0 Å². The maximum absolute atomic E-state index is 13.4. The summed E-state index contributed by atoms with van der Waals surface area (Å²) in [6.07, 6.45) is -2.44. The van der Waals surface area contributed by atoms with Gasteiger partial charge in [0.25, 0.3) is 5.91 Å². The molecular formula is C28H28ClF3N4O4. The van der Waals surface area contributed by atoms with Gasteiger partial charge in [-0.1, -0.05) is 41.9 Å². The van der Waals surface area contributed by atoms with Crippen LogP contribution in [0.5, 0.6) is 11.6 Å². The van der Waals surface area contributed by atoms with Crippen molar-refractivity contribution in [3.63, 3.8) is 0 Å². The Morgan fingerprint density at radius 1 is 1.15 bits per heavy atom. The first-order valence-corrected chi connectivity index (χ1v) is 12.9. The lowest BCUT2D eigenvalue weighted by Gasteiger charge is -2.25. The second-order valence-electron chi connectivity index (χ2n) is 9.19. The van der Waals surface area contributed by atoms with Crippen molar-refractivity contribution in [1.82, 2.24) is 20.5 Å². The van der Waals surface area contributed by atoms with Crippen LogP contribution in [-0.4, -0.2) is 60.5 Å². The van der Waals surface area contributed by atoms with E-state index >= 15 is 0 Å². The van der Waals surface area contributed by atoms with Crippen LogP contribution in [0, 0.1) is 0 Å². The van der Waals surface area contributed by atoms with E-state index in [1.165, 1.54) is 18.3 Å². The van der Waals surface area contributed by atoms with Crippen LogP contribution in [0.15, 0.2) is 66.9 Å². The number of amides is 2. The van der Waals surface area contributed by atoms with Gasteiger partial charge in [0.1, 0.15) is 17.4 Å². The number of benzene rings is 2. The van der Waals surface area contributed by atoms with E-state index < -0.39 is 23.7 Å².